The van der Waals surface area contributed by atoms with Crippen LogP contribution in [-0.2, 0) is 4.74 Å². The molecule has 29 heavy (non-hydrogen) atoms. The Bertz CT molecular complexity index is 1090. The summed E-state index contributed by atoms with van der Waals surface area (Å²) in [6.45, 7) is 3.99. The maximum absolute atomic E-state index is 12.6. The van der Waals surface area contributed by atoms with Crippen molar-refractivity contribution in [3.8, 4) is 17.2 Å². The Morgan fingerprint density at radius 3 is 2.83 bits per heavy atom. The Hall–Kier alpha value is -3.81. The van der Waals surface area contributed by atoms with Gasteiger partial charge in [0, 0.05) is 11.3 Å². The highest BCUT2D eigenvalue weighted by Crippen LogP contribution is 2.32. The predicted molar refractivity (Wildman–Crippen MR) is 105 cm³/mol. The van der Waals surface area contributed by atoms with Crippen molar-refractivity contribution in [2.45, 2.75) is 13.8 Å². The smallest absolute Gasteiger partial charge is 0.341 e. The fourth-order valence-electron chi connectivity index (χ4n) is 3.04. The Balaban J connectivity index is 1.55. The predicted octanol–water partition coefficient (Wildman–Crippen LogP) is 3.34. The molecule has 0 saturated heterocycles. The number of benzene rings is 2. The number of aromatic nitrogens is 2. The minimum absolute atomic E-state index is 0.152. The molecule has 2 aromatic carbocycles. The average molecular weight is 393 g/mol. The lowest BCUT2D eigenvalue weighted by Crippen LogP contribution is -2.12. The summed E-state index contributed by atoms with van der Waals surface area (Å²) in [5, 5.41) is 7.14. The summed E-state index contributed by atoms with van der Waals surface area (Å²) < 4.78 is 17.3. The van der Waals surface area contributed by atoms with E-state index in [2.05, 4.69) is 10.4 Å². The van der Waals surface area contributed by atoms with Crippen LogP contribution in [-0.4, -0.2) is 35.1 Å². The molecule has 1 aliphatic heterocycles. The van der Waals surface area contributed by atoms with Gasteiger partial charge >= 0.3 is 5.97 Å². The Morgan fingerprint density at radius 2 is 2.00 bits per heavy atom. The van der Waals surface area contributed by atoms with Crippen LogP contribution in [0.2, 0.25) is 0 Å². The van der Waals surface area contributed by atoms with Gasteiger partial charge in [-0.25, -0.2) is 9.48 Å². The lowest BCUT2D eigenvalue weighted by molar-refractivity contribution is 0.0525. The summed E-state index contributed by atoms with van der Waals surface area (Å²) in [7, 11) is 0. The topological polar surface area (TPSA) is 91.7 Å². The second-order valence-electron chi connectivity index (χ2n) is 6.35. The van der Waals surface area contributed by atoms with Crippen molar-refractivity contribution >= 4 is 17.6 Å². The van der Waals surface area contributed by atoms with Crippen LogP contribution in [0.1, 0.15) is 33.3 Å². The fraction of sp³-hybridized carbons (Fsp3) is 0.190. The molecule has 0 fully saturated rings. The second kappa shape index (κ2) is 7.67. The van der Waals surface area contributed by atoms with E-state index in [1.807, 2.05) is 6.07 Å². The van der Waals surface area contributed by atoms with E-state index in [4.69, 9.17) is 14.2 Å². The quantitative estimate of drug-likeness (QED) is 0.669. The summed E-state index contributed by atoms with van der Waals surface area (Å²) in [6.07, 6.45) is 1.48. The van der Waals surface area contributed by atoms with Crippen molar-refractivity contribution < 1.29 is 23.8 Å². The molecule has 0 saturated carbocycles. The van der Waals surface area contributed by atoms with Crippen molar-refractivity contribution in [1.29, 1.82) is 0 Å². The van der Waals surface area contributed by atoms with Crippen LogP contribution in [0.5, 0.6) is 11.5 Å². The number of carbonyl (C=O) groups excluding carboxylic acids is 2. The van der Waals surface area contributed by atoms with E-state index in [-0.39, 0.29) is 12.7 Å². The minimum Gasteiger partial charge on any atom is -0.462 e. The van der Waals surface area contributed by atoms with Crippen LogP contribution in [0.4, 0.5) is 5.69 Å². The highest BCUT2D eigenvalue weighted by molar-refractivity contribution is 6.04. The first-order valence-electron chi connectivity index (χ1n) is 9.10. The molecule has 3 aromatic rings. The lowest BCUT2D eigenvalue weighted by Gasteiger charge is -2.10. The maximum atomic E-state index is 12.6. The van der Waals surface area contributed by atoms with Crippen molar-refractivity contribution in [3.05, 3.63) is 65.5 Å². The zero-order chi connectivity index (χ0) is 20.4. The van der Waals surface area contributed by atoms with Crippen molar-refractivity contribution in [2.75, 3.05) is 18.7 Å². The molecule has 0 atom stereocenters. The fourth-order valence-corrected chi connectivity index (χ4v) is 3.04. The number of hydrogen-bond donors (Lipinski definition) is 1. The van der Waals surface area contributed by atoms with Crippen LogP contribution >= 0.6 is 0 Å². The van der Waals surface area contributed by atoms with Gasteiger partial charge in [0.1, 0.15) is 5.56 Å². The summed E-state index contributed by atoms with van der Waals surface area (Å²) >= 11 is 0. The first-order chi connectivity index (χ1) is 14.1. The second-order valence-corrected chi connectivity index (χ2v) is 6.35. The molecule has 1 N–H and O–H groups in total. The lowest BCUT2D eigenvalue weighted by atomic mass is 10.2. The Morgan fingerprint density at radius 1 is 1.17 bits per heavy atom. The highest BCUT2D eigenvalue weighted by Gasteiger charge is 2.18. The number of nitrogens with one attached hydrogen (secondary N) is 1. The van der Waals surface area contributed by atoms with Gasteiger partial charge in [-0.3, -0.25) is 4.79 Å². The number of ether oxygens (including phenoxy) is 3. The van der Waals surface area contributed by atoms with Gasteiger partial charge in [-0.15, -0.1) is 0 Å². The maximum Gasteiger partial charge on any atom is 0.341 e. The Kier molecular flexibility index (Phi) is 4.90. The standard InChI is InChI=1S/C21H19N3O5/c1-3-27-21(26)17-11-22-24(13(17)2)16-6-4-5-15(10-16)23-20(25)14-7-8-18-19(9-14)29-12-28-18/h4-11H,3,12H2,1-2H3,(H,23,25). The van der Waals surface area contributed by atoms with Crippen LogP contribution < -0.4 is 14.8 Å². The number of esters is 1. The molecule has 0 spiro atoms. The number of rotatable bonds is 5. The van der Waals surface area contributed by atoms with Gasteiger partial charge in [0.2, 0.25) is 6.79 Å². The molecule has 1 aromatic heterocycles. The molecular weight excluding hydrogens is 374 g/mol. The number of hydrogen-bond acceptors (Lipinski definition) is 6. The molecule has 0 radical (unpaired) electrons. The first kappa shape index (κ1) is 18.5. The molecule has 0 unspecified atom stereocenters. The number of anilines is 1. The molecule has 1 aliphatic rings. The van der Waals surface area contributed by atoms with Crippen molar-refractivity contribution in [1.82, 2.24) is 9.78 Å². The summed E-state index contributed by atoms with van der Waals surface area (Å²) in [5.41, 5.74) is 2.82. The van der Waals surface area contributed by atoms with E-state index in [9.17, 15) is 9.59 Å². The minimum atomic E-state index is -0.413. The van der Waals surface area contributed by atoms with Gasteiger partial charge in [-0.05, 0) is 50.2 Å². The van der Waals surface area contributed by atoms with E-state index in [1.54, 1.807) is 54.9 Å². The third-order valence-electron chi connectivity index (χ3n) is 4.49. The van der Waals surface area contributed by atoms with E-state index in [0.29, 0.717) is 46.3 Å². The van der Waals surface area contributed by atoms with E-state index in [0.717, 1.165) is 0 Å². The summed E-state index contributed by atoms with van der Waals surface area (Å²) in [5.74, 6) is 0.480. The normalized spacial score (nSPS) is 11.9. The number of carbonyl (C=O) groups is 2. The first-order valence-corrected chi connectivity index (χ1v) is 9.10. The molecule has 148 valence electrons. The molecule has 8 heteroatoms. The molecular formula is C21H19N3O5. The molecule has 1 amide bonds. The SMILES string of the molecule is CCOC(=O)c1cnn(-c2cccc(NC(=O)c3ccc4c(c3)OCO4)c2)c1C. The zero-order valence-corrected chi connectivity index (χ0v) is 16.0. The van der Waals surface area contributed by atoms with Gasteiger partial charge < -0.3 is 19.5 Å². The zero-order valence-electron chi connectivity index (χ0n) is 16.0. The van der Waals surface area contributed by atoms with Crippen molar-refractivity contribution in [3.63, 3.8) is 0 Å². The van der Waals surface area contributed by atoms with E-state index >= 15 is 0 Å². The number of nitrogens with zero attached hydrogens (tertiary/aromatic N) is 2. The van der Waals surface area contributed by atoms with Crippen LogP contribution in [0, 0.1) is 6.92 Å². The summed E-state index contributed by atoms with van der Waals surface area (Å²) in [6, 6.07) is 12.2. The molecule has 0 bridgehead atoms. The Labute approximate surface area is 167 Å². The largest absolute Gasteiger partial charge is 0.462 e. The summed E-state index contributed by atoms with van der Waals surface area (Å²) in [4.78, 5) is 24.6. The van der Waals surface area contributed by atoms with Gasteiger partial charge in [0.15, 0.2) is 11.5 Å². The molecule has 8 nitrogen and oxygen atoms in total. The molecule has 2 heterocycles. The van der Waals surface area contributed by atoms with Gasteiger partial charge in [0.05, 0.1) is 24.2 Å². The van der Waals surface area contributed by atoms with Crippen molar-refractivity contribution in [2.24, 2.45) is 0 Å². The molecule has 0 aliphatic carbocycles. The third kappa shape index (κ3) is 3.64. The van der Waals surface area contributed by atoms with Gasteiger partial charge in [0.25, 0.3) is 5.91 Å². The van der Waals surface area contributed by atoms with E-state index in [1.165, 1.54) is 6.20 Å². The van der Waals surface area contributed by atoms with E-state index < -0.39 is 5.97 Å². The highest BCUT2D eigenvalue weighted by atomic mass is 16.7. The third-order valence-corrected chi connectivity index (χ3v) is 4.49. The van der Waals surface area contributed by atoms with Gasteiger partial charge in [-0.2, -0.15) is 5.10 Å². The number of fused-ring (bicyclic) bond motifs is 1. The molecule has 4 rings (SSSR count). The van der Waals surface area contributed by atoms with Gasteiger partial charge in [-0.1, -0.05) is 6.07 Å². The monoisotopic (exact) mass is 393 g/mol. The van der Waals surface area contributed by atoms with Crippen LogP contribution in [0.3, 0.4) is 0 Å². The van der Waals surface area contributed by atoms with Crippen LogP contribution in [0.25, 0.3) is 5.69 Å². The van der Waals surface area contributed by atoms with Crippen LogP contribution in [0.15, 0.2) is 48.7 Å². The number of amides is 1. The average Bonchev–Trinajstić information content (AvgIpc) is 3.34.